The van der Waals surface area contributed by atoms with Gasteiger partial charge in [-0.05, 0) is 36.7 Å². The van der Waals surface area contributed by atoms with Crippen LogP contribution in [0.25, 0.3) is 0 Å². The number of thiophene rings is 1. The molecule has 3 atom stereocenters. The smallest absolute Gasteiger partial charge is 0.193 e. The second-order valence-corrected chi connectivity index (χ2v) is 12.4. The van der Waals surface area contributed by atoms with Crippen LogP contribution in [0.15, 0.2) is 44.5 Å². The number of furan rings is 1. The van der Waals surface area contributed by atoms with Crippen molar-refractivity contribution in [3.63, 3.8) is 0 Å². The van der Waals surface area contributed by atoms with Crippen molar-refractivity contribution in [3.05, 3.63) is 41.7 Å². The molecule has 0 aliphatic carbocycles. The fraction of sp³-hybridized carbons (Fsp3) is 0.556. The highest BCUT2D eigenvalue weighted by atomic mass is 32.2. The zero-order valence-electron chi connectivity index (χ0n) is 15.9. The Labute approximate surface area is 170 Å². The Kier molecular flexibility index (Phi) is 6.65. The molecule has 0 radical (unpaired) electrons. The predicted molar refractivity (Wildman–Crippen MR) is 110 cm³/mol. The monoisotopic (exact) mass is 446 g/mol. The molecule has 28 heavy (non-hydrogen) atoms. The summed E-state index contributed by atoms with van der Waals surface area (Å²) in [5.41, 5.74) is 0. The average molecular weight is 447 g/mol. The molecule has 2 aromatic rings. The fourth-order valence-electron chi connectivity index (χ4n) is 3.70. The first kappa shape index (κ1) is 21.5. The van der Waals surface area contributed by atoms with Crippen molar-refractivity contribution >= 4 is 31.0 Å². The molecule has 3 heterocycles. The maximum absolute atomic E-state index is 13.0. The lowest BCUT2D eigenvalue weighted by Crippen LogP contribution is -2.46. The van der Waals surface area contributed by atoms with Gasteiger partial charge in [-0.25, -0.2) is 16.8 Å². The van der Waals surface area contributed by atoms with Crippen LogP contribution >= 0.6 is 11.3 Å². The van der Waals surface area contributed by atoms with Gasteiger partial charge in [0.15, 0.2) is 19.7 Å². The summed E-state index contributed by atoms with van der Waals surface area (Å²) in [6.07, 6.45) is 1.61. The molecule has 1 N–H and O–H groups in total. The minimum Gasteiger partial charge on any atom is -0.468 e. The molecular formula is C18H26N2O5S3. The third kappa shape index (κ3) is 4.51. The van der Waals surface area contributed by atoms with Gasteiger partial charge in [0.25, 0.3) is 0 Å². The first-order valence-corrected chi connectivity index (χ1v) is 13.5. The van der Waals surface area contributed by atoms with Gasteiger partial charge in [-0.1, -0.05) is 19.9 Å². The van der Waals surface area contributed by atoms with Crippen LogP contribution in [0.5, 0.6) is 0 Å². The van der Waals surface area contributed by atoms with Crippen molar-refractivity contribution in [2.45, 2.75) is 35.4 Å². The summed E-state index contributed by atoms with van der Waals surface area (Å²) < 4.78 is 56.3. The van der Waals surface area contributed by atoms with Gasteiger partial charge < -0.3 is 9.73 Å². The van der Waals surface area contributed by atoms with E-state index < -0.39 is 31.0 Å². The zero-order valence-corrected chi connectivity index (χ0v) is 18.4. The summed E-state index contributed by atoms with van der Waals surface area (Å²) in [6, 6.07) is 6.15. The molecule has 1 unspecified atom stereocenters. The minimum atomic E-state index is -3.71. The quantitative estimate of drug-likeness (QED) is 0.629. The van der Waals surface area contributed by atoms with Gasteiger partial charge in [0.05, 0.1) is 29.1 Å². The van der Waals surface area contributed by atoms with E-state index in [4.69, 9.17) is 4.42 Å². The van der Waals surface area contributed by atoms with E-state index in [9.17, 15) is 16.8 Å². The molecule has 0 amide bonds. The molecule has 0 aromatic carbocycles. The number of likely N-dealkylation sites (N-methyl/N-ethyl adjacent to an activating group) is 1. The van der Waals surface area contributed by atoms with E-state index in [-0.39, 0.29) is 21.8 Å². The van der Waals surface area contributed by atoms with Crippen LogP contribution in [-0.2, 0) is 19.7 Å². The van der Waals surface area contributed by atoms with Crippen molar-refractivity contribution in [2.75, 3.05) is 31.1 Å². The van der Waals surface area contributed by atoms with Gasteiger partial charge in [0.1, 0.15) is 9.97 Å². The molecule has 1 saturated heterocycles. The molecule has 1 aliphatic heterocycles. The Morgan fingerprint density at radius 2 is 2.00 bits per heavy atom. The number of nitrogens with zero attached hydrogens (tertiary/aromatic N) is 1. The fourth-order valence-corrected chi connectivity index (χ4v) is 9.64. The first-order valence-electron chi connectivity index (χ1n) is 9.27. The van der Waals surface area contributed by atoms with Gasteiger partial charge in [-0.3, -0.25) is 4.90 Å². The molecule has 3 rings (SSSR count). The van der Waals surface area contributed by atoms with Gasteiger partial charge in [-0.2, -0.15) is 0 Å². The van der Waals surface area contributed by atoms with E-state index >= 15 is 0 Å². The van der Waals surface area contributed by atoms with Crippen molar-refractivity contribution in [2.24, 2.45) is 0 Å². The molecule has 0 spiro atoms. The molecule has 2 aromatic heterocycles. The highest BCUT2D eigenvalue weighted by Crippen LogP contribution is 2.29. The van der Waals surface area contributed by atoms with Crippen molar-refractivity contribution in [3.8, 4) is 0 Å². The third-order valence-corrected chi connectivity index (χ3v) is 10.8. The van der Waals surface area contributed by atoms with Crippen LogP contribution in [0.2, 0.25) is 0 Å². The maximum Gasteiger partial charge on any atom is 0.193 e. The molecule has 0 bridgehead atoms. The van der Waals surface area contributed by atoms with Crippen LogP contribution < -0.4 is 5.32 Å². The molecule has 1 aliphatic rings. The Bertz CT molecular complexity index is 949. The third-order valence-electron chi connectivity index (χ3n) is 5.17. The molecule has 0 saturated carbocycles. The highest BCUT2D eigenvalue weighted by Gasteiger charge is 2.46. The Balaban J connectivity index is 1.82. The largest absolute Gasteiger partial charge is 0.468 e. The Hall–Kier alpha value is -1.20. The Morgan fingerprint density at radius 1 is 1.25 bits per heavy atom. The number of sulfone groups is 2. The average Bonchev–Trinajstić information content (AvgIpc) is 3.39. The lowest BCUT2D eigenvalue weighted by molar-refractivity contribution is 0.185. The highest BCUT2D eigenvalue weighted by molar-refractivity contribution is 7.97. The Morgan fingerprint density at radius 3 is 2.57 bits per heavy atom. The second-order valence-electron chi connectivity index (χ2n) is 6.86. The summed E-state index contributed by atoms with van der Waals surface area (Å²) in [5.74, 6) is 0.252. The van der Waals surface area contributed by atoms with Crippen LogP contribution in [0.1, 0.15) is 25.6 Å². The number of nitrogens with one attached hydrogen (secondary N) is 1. The number of rotatable bonds is 9. The van der Waals surface area contributed by atoms with Gasteiger partial charge in [0, 0.05) is 12.6 Å². The van der Waals surface area contributed by atoms with E-state index in [1.807, 2.05) is 26.0 Å². The van der Waals surface area contributed by atoms with Crippen LogP contribution in [0, 0.1) is 0 Å². The van der Waals surface area contributed by atoms with Crippen LogP contribution in [0.4, 0.5) is 0 Å². The standard InChI is InChI=1S/C18H26N2O5S3/c1-3-20(4-2)15(16-7-5-9-25-16)11-19-14-12-27(21,22)13-17(14)28(23,24)18-8-6-10-26-18/h5-10,14-15,17,19H,3-4,11-13H2,1-2H3/t14-,15?,17-/m0/s1. The summed E-state index contributed by atoms with van der Waals surface area (Å²) in [6.45, 7) is 6.09. The minimum absolute atomic E-state index is 0.0987. The maximum atomic E-state index is 13.0. The summed E-state index contributed by atoms with van der Waals surface area (Å²) in [5, 5.41) is 3.94. The van der Waals surface area contributed by atoms with E-state index in [1.165, 1.54) is 6.07 Å². The van der Waals surface area contributed by atoms with Crippen molar-refractivity contribution < 1.29 is 21.3 Å². The van der Waals surface area contributed by atoms with E-state index in [2.05, 4.69) is 10.2 Å². The van der Waals surface area contributed by atoms with Gasteiger partial charge in [0.2, 0.25) is 0 Å². The summed E-state index contributed by atoms with van der Waals surface area (Å²) in [7, 11) is -7.13. The second kappa shape index (κ2) is 8.66. The predicted octanol–water partition coefficient (Wildman–Crippen LogP) is 1.95. The van der Waals surface area contributed by atoms with E-state index in [0.29, 0.717) is 6.54 Å². The molecule has 10 heteroatoms. The lowest BCUT2D eigenvalue weighted by Gasteiger charge is -2.30. The van der Waals surface area contributed by atoms with Crippen molar-refractivity contribution in [1.29, 1.82) is 0 Å². The van der Waals surface area contributed by atoms with E-state index in [0.717, 1.165) is 30.2 Å². The molecule has 1 fully saturated rings. The zero-order chi connectivity index (χ0) is 20.4. The molecule has 7 nitrogen and oxygen atoms in total. The number of hydrogen-bond donors (Lipinski definition) is 1. The molecule has 156 valence electrons. The van der Waals surface area contributed by atoms with Crippen molar-refractivity contribution in [1.82, 2.24) is 10.2 Å². The summed E-state index contributed by atoms with van der Waals surface area (Å²) >= 11 is 1.12. The van der Waals surface area contributed by atoms with Crippen LogP contribution in [0.3, 0.4) is 0 Å². The SMILES string of the molecule is CCN(CC)C(CN[C@H]1CS(=O)(=O)C[C@@H]1S(=O)(=O)c1cccs1)c1ccco1. The van der Waals surface area contributed by atoms with Crippen LogP contribution in [-0.4, -0.2) is 64.2 Å². The lowest BCUT2D eigenvalue weighted by atomic mass is 10.1. The number of hydrogen-bond acceptors (Lipinski definition) is 8. The summed E-state index contributed by atoms with van der Waals surface area (Å²) in [4.78, 5) is 2.19. The first-order chi connectivity index (χ1) is 13.3. The van der Waals surface area contributed by atoms with Gasteiger partial charge in [-0.15, -0.1) is 11.3 Å². The van der Waals surface area contributed by atoms with Gasteiger partial charge >= 0.3 is 0 Å². The normalized spacial score (nSPS) is 23.2. The topological polar surface area (TPSA) is 96.7 Å². The molecular weight excluding hydrogens is 420 g/mol. The van der Waals surface area contributed by atoms with E-state index in [1.54, 1.807) is 17.7 Å².